The van der Waals surface area contributed by atoms with Crippen molar-refractivity contribution in [2.75, 3.05) is 7.11 Å². The van der Waals surface area contributed by atoms with Crippen LogP contribution in [0.5, 0.6) is 0 Å². The summed E-state index contributed by atoms with van der Waals surface area (Å²) >= 11 is 0. The summed E-state index contributed by atoms with van der Waals surface area (Å²) in [4.78, 5) is 10.6. The second-order valence-electron chi connectivity index (χ2n) is 2.33. The van der Waals surface area contributed by atoms with Gasteiger partial charge in [0.15, 0.2) is 0 Å². The Bertz CT molecular complexity index is 269. The number of carbonyl (C=O) groups is 1. The van der Waals surface area contributed by atoms with Crippen molar-refractivity contribution >= 4 is 6.09 Å². The van der Waals surface area contributed by atoms with Gasteiger partial charge in [0, 0.05) is 13.2 Å². The molecule has 1 rings (SSSR count). The van der Waals surface area contributed by atoms with Gasteiger partial charge in [-0.15, -0.1) is 0 Å². The highest BCUT2D eigenvalue weighted by Crippen LogP contribution is 1.92. The fourth-order valence-corrected chi connectivity index (χ4v) is 0.792. The quantitative estimate of drug-likeness (QED) is 0.691. The SMILES string of the molecule is COC(=O)NCc1ccn(C)n1. The molecule has 5 heteroatoms. The largest absolute Gasteiger partial charge is 0.453 e. The molecule has 1 aromatic heterocycles. The zero-order valence-electron chi connectivity index (χ0n) is 7.07. The first-order chi connectivity index (χ1) is 5.72. The Morgan fingerprint density at radius 3 is 3.08 bits per heavy atom. The molecular weight excluding hydrogens is 158 g/mol. The molecule has 0 atom stereocenters. The molecular formula is C7H11N3O2. The van der Waals surface area contributed by atoms with Crippen molar-refractivity contribution in [2.45, 2.75) is 6.54 Å². The summed E-state index contributed by atoms with van der Waals surface area (Å²) in [5, 5.41) is 6.59. The average Bonchev–Trinajstić information content (AvgIpc) is 2.47. The summed E-state index contributed by atoms with van der Waals surface area (Å²) in [6.45, 7) is 0.396. The van der Waals surface area contributed by atoms with Gasteiger partial charge in [0.1, 0.15) is 0 Å². The molecule has 0 aromatic carbocycles. The van der Waals surface area contributed by atoms with Gasteiger partial charge in [-0.05, 0) is 6.07 Å². The third kappa shape index (κ3) is 2.26. The minimum Gasteiger partial charge on any atom is -0.453 e. The van der Waals surface area contributed by atoms with Gasteiger partial charge in [0.2, 0.25) is 0 Å². The number of amides is 1. The van der Waals surface area contributed by atoms with E-state index in [0.29, 0.717) is 6.54 Å². The van der Waals surface area contributed by atoms with E-state index in [4.69, 9.17) is 0 Å². The van der Waals surface area contributed by atoms with Crippen LogP contribution in [-0.4, -0.2) is 23.0 Å². The van der Waals surface area contributed by atoms with Crippen LogP contribution >= 0.6 is 0 Å². The van der Waals surface area contributed by atoms with Crippen LogP contribution in [0.2, 0.25) is 0 Å². The summed E-state index contributed by atoms with van der Waals surface area (Å²) in [5.41, 5.74) is 0.808. The lowest BCUT2D eigenvalue weighted by Gasteiger charge is -1.99. The maximum Gasteiger partial charge on any atom is 0.407 e. The number of aromatic nitrogens is 2. The van der Waals surface area contributed by atoms with E-state index in [2.05, 4.69) is 15.2 Å². The second kappa shape index (κ2) is 3.75. The Hall–Kier alpha value is -1.52. The topological polar surface area (TPSA) is 56.1 Å². The number of hydrogen-bond donors (Lipinski definition) is 1. The number of aryl methyl sites for hydroxylation is 1. The van der Waals surface area contributed by atoms with E-state index in [9.17, 15) is 4.79 Å². The summed E-state index contributed by atoms with van der Waals surface area (Å²) in [7, 11) is 3.15. The number of ether oxygens (including phenoxy) is 1. The molecule has 1 heterocycles. The lowest BCUT2D eigenvalue weighted by Crippen LogP contribution is -2.22. The number of rotatable bonds is 2. The molecule has 66 valence electrons. The molecule has 0 aliphatic rings. The van der Waals surface area contributed by atoms with Crippen molar-refractivity contribution in [3.8, 4) is 0 Å². The molecule has 0 aliphatic carbocycles. The Labute approximate surface area is 70.3 Å². The fraction of sp³-hybridized carbons (Fsp3) is 0.429. The smallest absolute Gasteiger partial charge is 0.407 e. The summed E-state index contributed by atoms with van der Waals surface area (Å²) in [6.07, 6.45) is 1.37. The number of methoxy groups -OCH3 is 1. The van der Waals surface area contributed by atoms with E-state index in [1.54, 1.807) is 4.68 Å². The summed E-state index contributed by atoms with van der Waals surface area (Å²) in [6, 6.07) is 1.83. The van der Waals surface area contributed by atoms with Crippen molar-refractivity contribution in [3.05, 3.63) is 18.0 Å². The molecule has 1 N–H and O–H groups in total. The van der Waals surface area contributed by atoms with Crippen molar-refractivity contribution in [1.29, 1.82) is 0 Å². The highest BCUT2D eigenvalue weighted by atomic mass is 16.5. The van der Waals surface area contributed by atoms with E-state index >= 15 is 0 Å². The van der Waals surface area contributed by atoms with Gasteiger partial charge in [-0.2, -0.15) is 5.10 Å². The Morgan fingerprint density at radius 2 is 2.58 bits per heavy atom. The lowest BCUT2D eigenvalue weighted by atomic mass is 10.4. The molecule has 1 aromatic rings. The maximum absolute atomic E-state index is 10.6. The average molecular weight is 169 g/mol. The minimum atomic E-state index is -0.444. The molecule has 0 aliphatic heterocycles. The summed E-state index contributed by atoms with van der Waals surface area (Å²) < 4.78 is 6.07. The normalized spacial score (nSPS) is 9.50. The zero-order valence-corrected chi connectivity index (χ0v) is 7.07. The van der Waals surface area contributed by atoms with Crippen molar-refractivity contribution < 1.29 is 9.53 Å². The van der Waals surface area contributed by atoms with Crippen molar-refractivity contribution in [3.63, 3.8) is 0 Å². The van der Waals surface area contributed by atoms with Gasteiger partial charge in [-0.3, -0.25) is 4.68 Å². The van der Waals surface area contributed by atoms with E-state index in [-0.39, 0.29) is 0 Å². The number of carbonyl (C=O) groups excluding carboxylic acids is 1. The first-order valence-electron chi connectivity index (χ1n) is 3.52. The molecule has 12 heavy (non-hydrogen) atoms. The fourth-order valence-electron chi connectivity index (χ4n) is 0.792. The van der Waals surface area contributed by atoms with Crippen LogP contribution in [0, 0.1) is 0 Å². The monoisotopic (exact) mass is 169 g/mol. The third-order valence-electron chi connectivity index (χ3n) is 1.37. The van der Waals surface area contributed by atoms with Crippen LogP contribution < -0.4 is 5.32 Å². The van der Waals surface area contributed by atoms with E-state index in [1.165, 1.54) is 7.11 Å². The standard InChI is InChI=1S/C7H11N3O2/c1-10-4-3-6(9-10)5-8-7(11)12-2/h3-4H,5H2,1-2H3,(H,8,11). The van der Waals surface area contributed by atoms with E-state index in [1.807, 2.05) is 19.3 Å². The molecule has 0 radical (unpaired) electrons. The zero-order chi connectivity index (χ0) is 8.97. The van der Waals surface area contributed by atoms with Crippen molar-refractivity contribution in [1.82, 2.24) is 15.1 Å². The molecule has 0 spiro atoms. The number of hydrogen-bond acceptors (Lipinski definition) is 3. The van der Waals surface area contributed by atoms with Crippen LogP contribution in [0.15, 0.2) is 12.3 Å². The van der Waals surface area contributed by atoms with Crippen LogP contribution in [-0.2, 0) is 18.3 Å². The van der Waals surface area contributed by atoms with E-state index in [0.717, 1.165) is 5.69 Å². The number of nitrogens with one attached hydrogen (secondary N) is 1. The van der Waals surface area contributed by atoms with Gasteiger partial charge < -0.3 is 10.1 Å². The molecule has 0 unspecified atom stereocenters. The number of nitrogens with zero attached hydrogens (tertiary/aromatic N) is 2. The van der Waals surface area contributed by atoms with Crippen LogP contribution in [0.1, 0.15) is 5.69 Å². The predicted octanol–water partition coefficient (Wildman–Crippen LogP) is 0.276. The van der Waals surface area contributed by atoms with Gasteiger partial charge in [0.25, 0.3) is 0 Å². The van der Waals surface area contributed by atoms with Crippen LogP contribution in [0.25, 0.3) is 0 Å². The highest BCUT2D eigenvalue weighted by Gasteiger charge is 2.00. The minimum absolute atomic E-state index is 0.396. The lowest BCUT2D eigenvalue weighted by molar-refractivity contribution is 0.170. The molecule has 0 fully saturated rings. The second-order valence-corrected chi connectivity index (χ2v) is 2.33. The molecule has 0 saturated heterocycles. The van der Waals surface area contributed by atoms with Gasteiger partial charge in [-0.25, -0.2) is 4.79 Å². The van der Waals surface area contributed by atoms with Gasteiger partial charge in [-0.1, -0.05) is 0 Å². The van der Waals surface area contributed by atoms with Crippen LogP contribution in [0.3, 0.4) is 0 Å². The third-order valence-corrected chi connectivity index (χ3v) is 1.37. The first kappa shape index (κ1) is 8.58. The van der Waals surface area contributed by atoms with Crippen molar-refractivity contribution in [2.24, 2.45) is 7.05 Å². The Kier molecular flexibility index (Phi) is 2.68. The predicted molar refractivity (Wildman–Crippen MR) is 42.5 cm³/mol. The Morgan fingerprint density at radius 1 is 1.83 bits per heavy atom. The molecule has 0 bridgehead atoms. The maximum atomic E-state index is 10.6. The molecule has 0 saturated carbocycles. The number of alkyl carbamates (subject to hydrolysis) is 1. The van der Waals surface area contributed by atoms with Gasteiger partial charge >= 0.3 is 6.09 Å². The van der Waals surface area contributed by atoms with E-state index < -0.39 is 6.09 Å². The molecule has 5 nitrogen and oxygen atoms in total. The highest BCUT2D eigenvalue weighted by molar-refractivity contribution is 5.66. The summed E-state index contributed by atoms with van der Waals surface area (Å²) in [5.74, 6) is 0. The first-order valence-corrected chi connectivity index (χ1v) is 3.52. The van der Waals surface area contributed by atoms with Gasteiger partial charge in [0.05, 0.1) is 19.3 Å². The van der Waals surface area contributed by atoms with Crippen LogP contribution in [0.4, 0.5) is 4.79 Å². The Balaban J connectivity index is 2.38. The molecule has 1 amide bonds.